The van der Waals surface area contributed by atoms with E-state index >= 15 is 0 Å². The van der Waals surface area contributed by atoms with Crippen LogP contribution in [0, 0.1) is 18.8 Å². The number of nitrogens with zero attached hydrogens (tertiary/aromatic N) is 2. The molecule has 1 aromatic carbocycles. The Hall–Kier alpha value is -3.09. The molecule has 2 aromatic rings. The Bertz CT molecular complexity index is 1110. The number of pyridine rings is 1. The molecule has 2 bridgehead atoms. The summed E-state index contributed by atoms with van der Waals surface area (Å²) in [6.07, 6.45) is 6.49. The van der Waals surface area contributed by atoms with Crippen LogP contribution in [0.1, 0.15) is 76.5 Å². The second kappa shape index (κ2) is 9.88. The van der Waals surface area contributed by atoms with Gasteiger partial charge in [-0.05, 0) is 81.2 Å². The van der Waals surface area contributed by atoms with Crippen molar-refractivity contribution in [1.29, 1.82) is 0 Å². The fourth-order valence-corrected chi connectivity index (χ4v) is 6.26. The van der Waals surface area contributed by atoms with E-state index in [0.717, 1.165) is 36.6 Å². The molecule has 1 aliphatic heterocycles. The van der Waals surface area contributed by atoms with E-state index in [1.54, 1.807) is 32.4 Å². The molecular formula is C28H35N3O4. The van der Waals surface area contributed by atoms with Gasteiger partial charge >= 0.3 is 0 Å². The number of methoxy groups -OCH3 is 2. The third-order valence-corrected chi connectivity index (χ3v) is 8.16. The molecule has 3 aliphatic rings. The van der Waals surface area contributed by atoms with Crippen molar-refractivity contribution >= 4 is 11.8 Å². The molecule has 1 saturated heterocycles. The van der Waals surface area contributed by atoms with E-state index in [1.807, 2.05) is 24.0 Å². The summed E-state index contributed by atoms with van der Waals surface area (Å²) in [5.41, 5.74) is 3.08. The van der Waals surface area contributed by atoms with Gasteiger partial charge in [0, 0.05) is 36.3 Å². The number of hydrogen-bond acceptors (Lipinski definition) is 5. The highest BCUT2D eigenvalue weighted by Crippen LogP contribution is 2.44. The number of hydrogen-bond donors (Lipinski definition) is 1. The standard InChI is InChI=1S/C28H35N3O4/c1-17-4-8-22(27(32)30-23-15-18-5-6-20(23)14-18)26(29-17)19-10-12-31(13-11-19)28(33)21-7-9-24(34-2)25(16-21)35-3/h4,7-9,16,18-20,23H,5-6,10-15H2,1-3H3,(H,30,32). The average Bonchev–Trinajstić information content (AvgIpc) is 3.51. The number of carbonyl (C=O) groups excluding carboxylic acids is 2. The third-order valence-electron chi connectivity index (χ3n) is 8.16. The van der Waals surface area contributed by atoms with Crippen molar-refractivity contribution in [2.75, 3.05) is 27.3 Å². The van der Waals surface area contributed by atoms with Gasteiger partial charge in [0.15, 0.2) is 11.5 Å². The van der Waals surface area contributed by atoms with Crippen LogP contribution in [0.2, 0.25) is 0 Å². The van der Waals surface area contributed by atoms with Gasteiger partial charge in [-0.1, -0.05) is 6.42 Å². The summed E-state index contributed by atoms with van der Waals surface area (Å²) in [6, 6.07) is 9.42. The summed E-state index contributed by atoms with van der Waals surface area (Å²) in [7, 11) is 3.15. The maximum atomic E-state index is 13.3. The van der Waals surface area contributed by atoms with Gasteiger partial charge in [-0.3, -0.25) is 14.6 Å². The Morgan fingerprint density at radius 1 is 0.971 bits per heavy atom. The number of carbonyl (C=O) groups is 2. The molecular weight excluding hydrogens is 442 g/mol. The van der Waals surface area contributed by atoms with Gasteiger partial charge in [-0.25, -0.2) is 0 Å². The zero-order valence-electron chi connectivity index (χ0n) is 20.9. The van der Waals surface area contributed by atoms with E-state index in [9.17, 15) is 9.59 Å². The van der Waals surface area contributed by atoms with Crippen LogP contribution in [0.25, 0.3) is 0 Å². The highest BCUT2D eigenvalue weighted by atomic mass is 16.5. The Balaban J connectivity index is 1.26. The number of piperidine rings is 1. The third kappa shape index (κ3) is 4.73. The van der Waals surface area contributed by atoms with E-state index in [2.05, 4.69) is 5.32 Å². The maximum absolute atomic E-state index is 13.3. The first-order valence-electron chi connectivity index (χ1n) is 12.8. The molecule has 7 heteroatoms. The smallest absolute Gasteiger partial charge is 0.253 e. The number of benzene rings is 1. The lowest BCUT2D eigenvalue weighted by Crippen LogP contribution is -2.40. The zero-order chi connectivity index (χ0) is 24.5. The molecule has 35 heavy (non-hydrogen) atoms. The molecule has 3 atom stereocenters. The lowest BCUT2D eigenvalue weighted by Gasteiger charge is -2.33. The number of nitrogens with one attached hydrogen (secondary N) is 1. The molecule has 0 spiro atoms. The summed E-state index contributed by atoms with van der Waals surface area (Å²) in [5, 5.41) is 3.33. The predicted octanol–water partition coefficient (Wildman–Crippen LogP) is 4.35. The van der Waals surface area contributed by atoms with E-state index < -0.39 is 0 Å². The topological polar surface area (TPSA) is 80.8 Å². The first kappa shape index (κ1) is 23.6. The number of aromatic nitrogens is 1. The lowest BCUT2D eigenvalue weighted by molar-refractivity contribution is 0.0709. The Morgan fingerprint density at radius 3 is 2.40 bits per heavy atom. The van der Waals surface area contributed by atoms with E-state index in [4.69, 9.17) is 14.5 Å². The minimum atomic E-state index is -0.0177. The molecule has 3 unspecified atom stereocenters. The van der Waals surface area contributed by atoms with Gasteiger partial charge in [0.2, 0.25) is 0 Å². The molecule has 7 nitrogen and oxygen atoms in total. The van der Waals surface area contributed by atoms with Crippen molar-refractivity contribution in [2.45, 2.75) is 57.4 Å². The average molecular weight is 478 g/mol. The van der Waals surface area contributed by atoms with Crippen LogP contribution in [-0.2, 0) is 0 Å². The summed E-state index contributed by atoms with van der Waals surface area (Å²) in [6.45, 7) is 3.22. The number of likely N-dealkylation sites (tertiary alicyclic amines) is 1. The number of fused-ring (bicyclic) bond motifs is 2. The molecule has 186 valence electrons. The van der Waals surface area contributed by atoms with E-state index in [-0.39, 0.29) is 17.7 Å². The van der Waals surface area contributed by atoms with E-state index in [0.29, 0.717) is 47.7 Å². The van der Waals surface area contributed by atoms with Crippen LogP contribution >= 0.6 is 0 Å². The molecule has 5 rings (SSSR count). The second-order valence-corrected chi connectivity index (χ2v) is 10.3. The molecule has 2 saturated carbocycles. The van der Waals surface area contributed by atoms with Gasteiger partial charge < -0.3 is 19.7 Å². The molecule has 2 heterocycles. The highest BCUT2D eigenvalue weighted by Gasteiger charge is 2.40. The van der Waals surface area contributed by atoms with Gasteiger partial charge in [0.25, 0.3) is 11.8 Å². The minimum Gasteiger partial charge on any atom is -0.493 e. The number of amides is 2. The Morgan fingerprint density at radius 2 is 1.74 bits per heavy atom. The molecule has 0 radical (unpaired) electrons. The van der Waals surface area contributed by atoms with Crippen LogP contribution < -0.4 is 14.8 Å². The van der Waals surface area contributed by atoms with Crippen molar-refractivity contribution in [3.63, 3.8) is 0 Å². The molecule has 1 N–H and O–H groups in total. The normalized spacial score (nSPS) is 23.9. The van der Waals surface area contributed by atoms with Crippen LogP contribution in [0.4, 0.5) is 0 Å². The Labute approximate surface area is 207 Å². The molecule has 3 fully saturated rings. The maximum Gasteiger partial charge on any atom is 0.253 e. The minimum absolute atomic E-state index is 0.00823. The van der Waals surface area contributed by atoms with Crippen LogP contribution in [-0.4, -0.2) is 55.0 Å². The van der Waals surface area contributed by atoms with Gasteiger partial charge in [-0.2, -0.15) is 0 Å². The highest BCUT2D eigenvalue weighted by molar-refractivity contribution is 5.96. The van der Waals surface area contributed by atoms with E-state index in [1.165, 1.54) is 19.3 Å². The fraction of sp³-hybridized carbons (Fsp3) is 0.536. The van der Waals surface area contributed by atoms with Crippen LogP contribution in [0.15, 0.2) is 30.3 Å². The zero-order valence-corrected chi connectivity index (χ0v) is 20.9. The largest absolute Gasteiger partial charge is 0.493 e. The Kier molecular flexibility index (Phi) is 6.67. The quantitative estimate of drug-likeness (QED) is 0.669. The summed E-state index contributed by atoms with van der Waals surface area (Å²) < 4.78 is 10.6. The first-order valence-corrected chi connectivity index (χ1v) is 12.8. The molecule has 2 amide bonds. The fourth-order valence-electron chi connectivity index (χ4n) is 6.26. The number of rotatable bonds is 6. The molecule has 1 aromatic heterocycles. The van der Waals surface area contributed by atoms with Gasteiger partial charge in [0.05, 0.1) is 25.5 Å². The van der Waals surface area contributed by atoms with Crippen molar-refractivity contribution in [1.82, 2.24) is 15.2 Å². The van der Waals surface area contributed by atoms with Crippen LogP contribution in [0.3, 0.4) is 0 Å². The van der Waals surface area contributed by atoms with Crippen molar-refractivity contribution in [2.24, 2.45) is 11.8 Å². The second-order valence-electron chi connectivity index (χ2n) is 10.3. The number of aryl methyl sites for hydroxylation is 1. The predicted molar refractivity (Wildman–Crippen MR) is 133 cm³/mol. The van der Waals surface area contributed by atoms with Gasteiger partial charge in [0.1, 0.15) is 0 Å². The SMILES string of the molecule is COc1ccc(C(=O)N2CCC(c3nc(C)ccc3C(=O)NC3CC4CCC3C4)CC2)cc1OC. The van der Waals surface area contributed by atoms with Crippen molar-refractivity contribution in [3.8, 4) is 11.5 Å². The summed E-state index contributed by atoms with van der Waals surface area (Å²) >= 11 is 0. The van der Waals surface area contributed by atoms with Crippen LogP contribution in [0.5, 0.6) is 11.5 Å². The summed E-state index contributed by atoms with van der Waals surface area (Å²) in [5.74, 6) is 2.72. The lowest BCUT2D eigenvalue weighted by atomic mass is 9.89. The summed E-state index contributed by atoms with van der Waals surface area (Å²) in [4.78, 5) is 33.1. The van der Waals surface area contributed by atoms with Crippen molar-refractivity contribution < 1.29 is 19.1 Å². The van der Waals surface area contributed by atoms with Crippen molar-refractivity contribution in [3.05, 3.63) is 52.8 Å². The van der Waals surface area contributed by atoms with Gasteiger partial charge in [-0.15, -0.1) is 0 Å². The monoisotopic (exact) mass is 477 g/mol. The first-order chi connectivity index (χ1) is 17.0. The molecule has 2 aliphatic carbocycles. The number of ether oxygens (including phenoxy) is 2.